The highest BCUT2D eigenvalue weighted by Crippen LogP contribution is 2.16. The number of carbonyl (C=O) groups is 1. The van der Waals surface area contributed by atoms with Crippen molar-refractivity contribution in [2.24, 2.45) is 0 Å². The maximum Gasteiger partial charge on any atom is 0.333 e. The minimum absolute atomic E-state index is 0.0129. The zero-order chi connectivity index (χ0) is 15.7. The normalized spacial score (nSPS) is 14.0. The van der Waals surface area contributed by atoms with Gasteiger partial charge < -0.3 is 10.6 Å². The van der Waals surface area contributed by atoms with Gasteiger partial charge in [-0.05, 0) is 26.0 Å². The Hall–Kier alpha value is -2.34. The lowest BCUT2D eigenvalue weighted by molar-refractivity contribution is 0.0934. The molecule has 3 rings (SSSR count). The molecule has 1 aromatic heterocycles. The fourth-order valence-corrected chi connectivity index (χ4v) is 2.78. The maximum absolute atomic E-state index is 12.7. The topological polar surface area (TPSA) is 68.1 Å². The van der Waals surface area contributed by atoms with Crippen LogP contribution in [0.3, 0.4) is 0 Å². The molecule has 0 saturated heterocycles. The molecule has 2 heterocycles. The van der Waals surface area contributed by atoms with Gasteiger partial charge in [-0.15, -0.1) is 0 Å². The average Bonchev–Trinajstić information content (AvgIpc) is 2.81. The first-order valence-corrected chi connectivity index (χ1v) is 7.51. The summed E-state index contributed by atoms with van der Waals surface area (Å²) < 4.78 is 3.21. The summed E-state index contributed by atoms with van der Waals surface area (Å²) >= 11 is 0. The second-order valence-electron chi connectivity index (χ2n) is 5.71. The van der Waals surface area contributed by atoms with Gasteiger partial charge in [-0.3, -0.25) is 13.9 Å². The monoisotopic (exact) mass is 300 g/mol. The van der Waals surface area contributed by atoms with Gasteiger partial charge in [-0.25, -0.2) is 4.79 Å². The van der Waals surface area contributed by atoms with Gasteiger partial charge in [-0.1, -0.05) is 18.2 Å². The molecule has 22 heavy (non-hydrogen) atoms. The summed E-state index contributed by atoms with van der Waals surface area (Å²) in [6.07, 6.45) is 0. The van der Waals surface area contributed by atoms with Crippen LogP contribution >= 0.6 is 0 Å². The fourth-order valence-electron chi connectivity index (χ4n) is 2.78. The van der Waals surface area contributed by atoms with Gasteiger partial charge in [0.2, 0.25) is 0 Å². The Labute approximate surface area is 128 Å². The lowest BCUT2D eigenvalue weighted by Crippen LogP contribution is -2.34. The highest BCUT2D eigenvalue weighted by atomic mass is 16.2. The van der Waals surface area contributed by atoms with E-state index in [0.29, 0.717) is 24.5 Å². The van der Waals surface area contributed by atoms with Crippen molar-refractivity contribution in [3.8, 4) is 5.69 Å². The number of hydrogen-bond donors (Lipinski definition) is 2. The van der Waals surface area contributed by atoms with Crippen LogP contribution in [-0.2, 0) is 13.1 Å². The van der Waals surface area contributed by atoms with Gasteiger partial charge in [-0.2, -0.15) is 0 Å². The molecule has 1 aromatic carbocycles. The minimum atomic E-state index is -0.214. The van der Waals surface area contributed by atoms with Gasteiger partial charge >= 0.3 is 5.69 Å². The van der Waals surface area contributed by atoms with Crippen LogP contribution in [0.4, 0.5) is 0 Å². The van der Waals surface area contributed by atoms with Crippen molar-refractivity contribution in [2.45, 2.75) is 33.0 Å². The van der Waals surface area contributed by atoms with E-state index in [-0.39, 0.29) is 17.6 Å². The second kappa shape index (κ2) is 5.81. The molecular weight excluding hydrogens is 280 g/mol. The number of nitrogens with one attached hydrogen (secondary N) is 2. The summed E-state index contributed by atoms with van der Waals surface area (Å²) in [5, 5.41) is 6.12. The molecule has 0 radical (unpaired) electrons. The van der Waals surface area contributed by atoms with Gasteiger partial charge in [0.25, 0.3) is 5.91 Å². The molecule has 0 saturated carbocycles. The zero-order valence-electron chi connectivity index (χ0n) is 12.8. The Bertz CT molecular complexity index is 743. The van der Waals surface area contributed by atoms with E-state index in [9.17, 15) is 9.59 Å². The Morgan fingerprint density at radius 2 is 2.00 bits per heavy atom. The minimum Gasteiger partial charge on any atom is -0.349 e. The van der Waals surface area contributed by atoms with Crippen molar-refractivity contribution in [1.82, 2.24) is 19.8 Å². The number of benzene rings is 1. The standard InChI is InChI=1S/C16H20N4O2/c1-11(2)18-15(21)14-13-10-17-8-9-19(13)16(22)20(14)12-6-4-3-5-7-12/h3-7,11,17H,8-10H2,1-2H3,(H,18,21). The summed E-state index contributed by atoms with van der Waals surface area (Å²) in [4.78, 5) is 25.4. The first-order chi connectivity index (χ1) is 10.6. The molecule has 0 unspecified atom stereocenters. The van der Waals surface area contributed by atoms with Crippen LogP contribution in [0.15, 0.2) is 35.1 Å². The smallest absolute Gasteiger partial charge is 0.333 e. The number of carbonyl (C=O) groups excluding carboxylic acids is 1. The molecule has 116 valence electrons. The molecule has 0 aliphatic carbocycles. The summed E-state index contributed by atoms with van der Waals surface area (Å²) in [5.74, 6) is -0.214. The van der Waals surface area contributed by atoms with Crippen LogP contribution in [0.25, 0.3) is 5.69 Å². The van der Waals surface area contributed by atoms with E-state index in [2.05, 4.69) is 10.6 Å². The van der Waals surface area contributed by atoms with E-state index < -0.39 is 0 Å². The van der Waals surface area contributed by atoms with E-state index in [1.54, 1.807) is 4.57 Å². The molecular formula is C16H20N4O2. The molecule has 0 fully saturated rings. The highest BCUT2D eigenvalue weighted by Gasteiger charge is 2.27. The quantitative estimate of drug-likeness (QED) is 0.884. The predicted octanol–water partition coefficient (Wildman–Crippen LogP) is 0.880. The van der Waals surface area contributed by atoms with Gasteiger partial charge in [0, 0.05) is 25.7 Å². The average molecular weight is 300 g/mol. The largest absolute Gasteiger partial charge is 0.349 e. The Morgan fingerprint density at radius 3 is 2.68 bits per heavy atom. The van der Waals surface area contributed by atoms with Crippen LogP contribution in [0.2, 0.25) is 0 Å². The number of nitrogens with zero attached hydrogens (tertiary/aromatic N) is 2. The summed E-state index contributed by atoms with van der Waals surface area (Å²) in [7, 11) is 0. The molecule has 1 amide bonds. The predicted molar refractivity (Wildman–Crippen MR) is 84.3 cm³/mol. The van der Waals surface area contributed by atoms with Crippen molar-refractivity contribution in [2.75, 3.05) is 6.54 Å². The third kappa shape index (κ3) is 2.46. The second-order valence-corrected chi connectivity index (χ2v) is 5.71. The first-order valence-electron chi connectivity index (χ1n) is 7.51. The zero-order valence-corrected chi connectivity index (χ0v) is 12.8. The number of aromatic nitrogens is 2. The van der Waals surface area contributed by atoms with E-state index in [4.69, 9.17) is 0 Å². The Kier molecular flexibility index (Phi) is 3.85. The third-order valence-electron chi connectivity index (χ3n) is 3.70. The van der Waals surface area contributed by atoms with Crippen molar-refractivity contribution in [3.05, 3.63) is 52.2 Å². The number of amides is 1. The van der Waals surface area contributed by atoms with Gasteiger partial charge in [0.05, 0.1) is 11.4 Å². The van der Waals surface area contributed by atoms with Crippen LogP contribution < -0.4 is 16.3 Å². The maximum atomic E-state index is 12.7. The number of rotatable bonds is 3. The number of hydrogen-bond acceptors (Lipinski definition) is 3. The highest BCUT2D eigenvalue weighted by molar-refractivity contribution is 5.94. The molecule has 2 aromatic rings. The lowest BCUT2D eigenvalue weighted by atomic mass is 10.2. The van der Waals surface area contributed by atoms with Gasteiger partial charge in [0.15, 0.2) is 0 Å². The molecule has 0 bridgehead atoms. The Balaban J connectivity index is 2.22. The van der Waals surface area contributed by atoms with Crippen LogP contribution in [-0.4, -0.2) is 27.6 Å². The van der Waals surface area contributed by atoms with Crippen LogP contribution in [0.5, 0.6) is 0 Å². The van der Waals surface area contributed by atoms with E-state index in [1.165, 1.54) is 4.57 Å². The van der Waals surface area contributed by atoms with Crippen molar-refractivity contribution >= 4 is 5.91 Å². The SMILES string of the molecule is CC(C)NC(=O)c1c2n(c(=O)n1-c1ccccc1)CCNC2. The molecule has 6 nitrogen and oxygen atoms in total. The molecule has 1 aliphatic heterocycles. The number of para-hydroxylation sites is 1. The van der Waals surface area contributed by atoms with E-state index in [1.807, 2.05) is 44.2 Å². The molecule has 2 N–H and O–H groups in total. The first kappa shape index (κ1) is 14.6. The van der Waals surface area contributed by atoms with Crippen molar-refractivity contribution in [1.29, 1.82) is 0 Å². The summed E-state index contributed by atoms with van der Waals surface area (Å²) in [5.41, 5.74) is 1.73. The van der Waals surface area contributed by atoms with Crippen LogP contribution in [0.1, 0.15) is 30.0 Å². The summed E-state index contributed by atoms with van der Waals surface area (Å²) in [6.45, 7) is 5.65. The van der Waals surface area contributed by atoms with Crippen molar-refractivity contribution < 1.29 is 4.79 Å². The van der Waals surface area contributed by atoms with Crippen molar-refractivity contribution in [3.63, 3.8) is 0 Å². The third-order valence-corrected chi connectivity index (χ3v) is 3.70. The molecule has 0 atom stereocenters. The molecule has 1 aliphatic rings. The van der Waals surface area contributed by atoms with E-state index >= 15 is 0 Å². The van der Waals surface area contributed by atoms with Gasteiger partial charge in [0.1, 0.15) is 5.69 Å². The number of fused-ring (bicyclic) bond motifs is 1. The van der Waals surface area contributed by atoms with E-state index in [0.717, 1.165) is 12.2 Å². The molecule has 6 heteroatoms. The molecule has 0 spiro atoms. The fraction of sp³-hybridized carbons (Fsp3) is 0.375. The van der Waals surface area contributed by atoms with Crippen LogP contribution in [0, 0.1) is 0 Å². The summed E-state index contributed by atoms with van der Waals surface area (Å²) in [6, 6.07) is 9.31. The lowest BCUT2D eigenvalue weighted by Gasteiger charge is -2.16. The number of imidazole rings is 1. The Morgan fingerprint density at radius 1 is 1.27 bits per heavy atom.